The molecule has 1 unspecified atom stereocenters. The Kier molecular flexibility index (Phi) is 7.48. The molecule has 2 aromatic rings. The molecule has 6 nitrogen and oxygen atoms in total. The van der Waals surface area contributed by atoms with E-state index in [4.69, 9.17) is 9.47 Å². The number of nitrogens with zero attached hydrogens (tertiary/aromatic N) is 1. The van der Waals surface area contributed by atoms with Crippen LogP contribution in [0.5, 0.6) is 5.75 Å². The van der Waals surface area contributed by atoms with Crippen LogP contribution in [0.2, 0.25) is 0 Å². The van der Waals surface area contributed by atoms with Gasteiger partial charge in [0.1, 0.15) is 5.75 Å². The van der Waals surface area contributed by atoms with E-state index in [0.717, 1.165) is 66.1 Å². The second-order valence-corrected chi connectivity index (χ2v) is 8.87. The summed E-state index contributed by atoms with van der Waals surface area (Å²) in [6, 6.07) is 15.9. The number of benzene rings is 2. The van der Waals surface area contributed by atoms with Gasteiger partial charge >= 0.3 is 0 Å². The zero-order valence-electron chi connectivity index (χ0n) is 17.8. The number of aliphatic imine (C=N–C) groups is 1. The second kappa shape index (κ2) is 10.7. The number of para-hydroxylation sites is 1. The molecule has 1 amide bonds. The number of hydrogen-bond donors (Lipinski definition) is 2. The number of anilines is 1. The summed E-state index contributed by atoms with van der Waals surface area (Å²) in [6.07, 6.45) is 2.44. The predicted octanol–water partition coefficient (Wildman–Crippen LogP) is 4.23. The van der Waals surface area contributed by atoms with Gasteiger partial charge in [0.15, 0.2) is 5.17 Å². The number of amides is 1. The lowest BCUT2D eigenvalue weighted by atomic mass is 9.96. The molecule has 2 aliphatic heterocycles. The summed E-state index contributed by atoms with van der Waals surface area (Å²) in [6.45, 7) is 2.33. The number of hydrogen-bond acceptors (Lipinski definition) is 6. The number of methoxy groups -OCH3 is 1. The first-order chi connectivity index (χ1) is 15.2. The molecule has 31 heavy (non-hydrogen) atoms. The van der Waals surface area contributed by atoms with E-state index in [1.807, 2.05) is 36.4 Å². The van der Waals surface area contributed by atoms with Crippen molar-refractivity contribution in [1.29, 1.82) is 0 Å². The number of rotatable bonds is 7. The fourth-order valence-electron chi connectivity index (χ4n) is 4.01. The van der Waals surface area contributed by atoms with Gasteiger partial charge in [-0.25, -0.2) is 0 Å². The fraction of sp³-hybridized carbons (Fsp3) is 0.417. The number of carbonyl (C=O) groups is 1. The first-order valence-corrected chi connectivity index (χ1v) is 11.8. The quantitative estimate of drug-likeness (QED) is 0.675. The largest absolute Gasteiger partial charge is 0.496 e. The Balaban J connectivity index is 1.54. The minimum atomic E-state index is -0.132. The maximum atomic E-state index is 12.6. The Morgan fingerprint density at radius 3 is 2.84 bits per heavy atom. The molecule has 164 valence electrons. The molecular formula is C24H29N3O3S. The van der Waals surface area contributed by atoms with E-state index in [9.17, 15) is 4.79 Å². The molecule has 0 radical (unpaired) electrons. The predicted molar refractivity (Wildman–Crippen MR) is 126 cm³/mol. The molecule has 2 aromatic carbocycles. The van der Waals surface area contributed by atoms with Gasteiger partial charge < -0.3 is 20.1 Å². The summed E-state index contributed by atoms with van der Waals surface area (Å²) >= 11 is 1.73. The van der Waals surface area contributed by atoms with Crippen LogP contribution >= 0.6 is 11.8 Å². The number of carbonyl (C=O) groups excluding carboxylic acids is 1. The van der Waals surface area contributed by atoms with Gasteiger partial charge in [0.25, 0.3) is 0 Å². The van der Waals surface area contributed by atoms with Crippen LogP contribution in [0, 0.1) is 5.92 Å². The van der Waals surface area contributed by atoms with Crippen LogP contribution in [0.4, 0.5) is 5.69 Å². The minimum absolute atomic E-state index is 0.0570. The summed E-state index contributed by atoms with van der Waals surface area (Å²) in [5, 5.41) is 7.59. The highest BCUT2D eigenvalue weighted by molar-refractivity contribution is 8.14. The Bertz CT molecular complexity index is 928. The molecule has 7 heteroatoms. The molecule has 1 saturated heterocycles. The van der Waals surface area contributed by atoms with Crippen molar-refractivity contribution in [3.05, 3.63) is 59.7 Å². The maximum absolute atomic E-state index is 12.6. The number of amidine groups is 1. The third-order valence-corrected chi connectivity index (χ3v) is 6.53. The van der Waals surface area contributed by atoms with Crippen molar-refractivity contribution in [2.75, 3.05) is 37.9 Å². The zero-order chi connectivity index (χ0) is 21.5. The standard InChI is InChI=1S/C24H29N3O3S/c1-29-21-8-3-2-7-20(21)23(27-24-25-11-14-31-24)18-5-4-6-19(16-18)26-22(28)15-17-9-12-30-13-10-17/h2-8,16-17,23H,9-15H2,1H3,(H,25,27)(H,26,28). The fourth-order valence-corrected chi connectivity index (χ4v) is 4.77. The van der Waals surface area contributed by atoms with Crippen molar-refractivity contribution in [2.45, 2.75) is 25.3 Å². The van der Waals surface area contributed by atoms with E-state index in [0.29, 0.717) is 12.3 Å². The van der Waals surface area contributed by atoms with E-state index < -0.39 is 0 Å². The third-order valence-electron chi connectivity index (χ3n) is 5.62. The van der Waals surface area contributed by atoms with Gasteiger partial charge in [-0.15, -0.1) is 0 Å². The van der Waals surface area contributed by atoms with Crippen LogP contribution in [0.15, 0.2) is 53.5 Å². The first-order valence-electron chi connectivity index (χ1n) is 10.8. The van der Waals surface area contributed by atoms with Crippen LogP contribution in [-0.4, -0.2) is 43.7 Å². The molecule has 0 spiro atoms. The van der Waals surface area contributed by atoms with Gasteiger partial charge in [0.2, 0.25) is 5.91 Å². The van der Waals surface area contributed by atoms with Crippen LogP contribution in [0.1, 0.15) is 36.4 Å². The van der Waals surface area contributed by atoms with E-state index in [2.05, 4.69) is 27.8 Å². The monoisotopic (exact) mass is 439 g/mol. The molecule has 1 atom stereocenters. The second-order valence-electron chi connectivity index (χ2n) is 7.79. The highest BCUT2D eigenvalue weighted by atomic mass is 32.2. The van der Waals surface area contributed by atoms with Crippen molar-refractivity contribution >= 4 is 28.5 Å². The van der Waals surface area contributed by atoms with Crippen LogP contribution in [-0.2, 0) is 9.53 Å². The summed E-state index contributed by atoms with van der Waals surface area (Å²) in [7, 11) is 1.69. The van der Waals surface area contributed by atoms with Crippen molar-refractivity contribution < 1.29 is 14.3 Å². The first kappa shape index (κ1) is 21.7. The van der Waals surface area contributed by atoms with Gasteiger partial charge in [0, 0.05) is 36.6 Å². The van der Waals surface area contributed by atoms with E-state index in [1.54, 1.807) is 18.9 Å². The highest BCUT2D eigenvalue weighted by Gasteiger charge is 2.22. The molecule has 1 fully saturated rings. The van der Waals surface area contributed by atoms with Gasteiger partial charge in [-0.05, 0) is 42.5 Å². The molecule has 0 aromatic heterocycles. The van der Waals surface area contributed by atoms with Crippen LogP contribution in [0.25, 0.3) is 0 Å². The number of thioether (sulfide) groups is 1. The lowest BCUT2D eigenvalue weighted by Gasteiger charge is -2.23. The van der Waals surface area contributed by atoms with Crippen molar-refractivity contribution in [2.24, 2.45) is 10.9 Å². The van der Waals surface area contributed by atoms with E-state index >= 15 is 0 Å². The SMILES string of the molecule is COc1ccccc1C(NC1=NCCS1)c1cccc(NC(=O)CC2CCOCC2)c1. The average molecular weight is 440 g/mol. The molecule has 0 saturated carbocycles. The van der Waals surface area contributed by atoms with Crippen LogP contribution in [0.3, 0.4) is 0 Å². The Morgan fingerprint density at radius 2 is 2.06 bits per heavy atom. The summed E-state index contributed by atoms with van der Waals surface area (Å²) in [5.74, 6) is 2.26. The third kappa shape index (κ3) is 5.80. The highest BCUT2D eigenvalue weighted by Crippen LogP contribution is 2.32. The summed E-state index contributed by atoms with van der Waals surface area (Å²) in [5.41, 5.74) is 2.88. The van der Waals surface area contributed by atoms with Crippen molar-refractivity contribution in [3.8, 4) is 5.75 Å². The molecule has 2 N–H and O–H groups in total. The van der Waals surface area contributed by atoms with Crippen molar-refractivity contribution in [1.82, 2.24) is 5.32 Å². The minimum Gasteiger partial charge on any atom is -0.496 e. The molecule has 0 bridgehead atoms. The molecule has 2 heterocycles. The van der Waals surface area contributed by atoms with E-state index in [1.165, 1.54) is 0 Å². The molecular weight excluding hydrogens is 410 g/mol. The maximum Gasteiger partial charge on any atom is 0.224 e. The van der Waals surface area contributed by atoms with Gasteiger partial charge in [-0.2, -0.15) is 0 Å². The van der Waals surface area contributed by atoms with Gasteiger partial charge in [0.05, 0.1) is 19.7 Å². The molecule has 4 rings (SSSR count). The average Bonchev–Trinajstić information content (AvgIpc) is 3.31. The number of nitrogens with one attached hydrogen (secondary N) is 2. The molecule has 2 aliphatic rings. The Labute approximate surface area is 187 Å². The van der Waals surface area contributed by atoms with Gasteiger partial charge in [-0.1, -0.05) is 42.1 Å². The van der Waals surface area contributed by atoms with Crippen molar-refractivity contribution in [3.63, 3.8) is 0 Å². The number of ether oxygens (including phenoxy) is 2. The lowest BCUT2D eigenvalue weighted by Crippen LogP contribution is -2.27. The van der Waals surface area contributed by atoms with Gasteiger partial charge in [-0.3, -0.25) is 9.79 Å². The summed E-state index contributed by atoms with van der Waals surface area (Å²) in [4.78, 5) is 17.2. The smallest absolute Gasteiger partial charge is 0.224 e. The normalized spacial score (nSPS) is 17.6. The summed E-state index contributed by atoms with van der Waals surface area (Å²) < 4.78 is 11.0. The molecule has 0 aliphatic carbocycles. The lowest BCUT2D eigenvalue weighted by molar-refractivity contribution is -0.117. The topological polar surface area (TPSA) is 72.0 Å². The Hall–Kier alpha value is -2.51. The Morgan fingerprint density at radius 1 is 1.23 bits per heavy atom. The van der Waals surface area contributed by atoms with E-state index in [-0.39, 0.29) is 11.9 Å². The van der Waals surface area contributed by atoms with Crippen LogP contribution < -0.4 is 15.4 Å². The zero-order valence-corrected chi connectivity index (χ0v) is 18.6.